The first-order valence-corrected chi connectivity index (χ1v) is 11.1. The standard InChI is InChI=1S/C24H38N2O5/c1-17(2)15-21(23(28)26-16-22(27)25-4)20(24(29)30)9-7-5-6-8-14-31-19-12-10-18(3)11-13-19/h10-13,17,20-21H,5-9,14-16H2,1-4H3,(H,25,27)(H,26,28)(H,29,30)/t20?,21-/m1/s1. The van der Waals surface area contributed by atoms with E-state index in [1.807, 2.05) is 45.0 Å². The molecule has 0 radical (unpaired) electrons. The Balaban J connectivity index is 2.45. The zero-order valence-electron chi connectivity index (χ0n) is 19.3. The first-order chi connectivity index (χ1) is 14.7. The van der Waals surface area contributed by atoms with E-state index in [2.05, 4.69) is 10.6 Å². The Morgan fingerprint density at radius 3 is 2.23 bits per heavy atom. The van der Waals surface area contributed by atoms with Crippen LogP contribution in [0.2, 0.25) is 0 Å². The number of carbonyl (C=O) groups excluding carboxylic acids is 2. The molecule has 0 fully saturated rings. The molecule has 0 aromatic heterocycles. The fraction of sp³-hybridized carbons (Fsp3) is 0.625. The molecule has 174 valence electrons. The molecule has 0 spiro atoms. The van der Waals surface area contributed by atoms with Crippen LogP contribution in [0.5, 0.6) is 5.75 Å². The number of carboxylic acid groups (broad SMARTS) is 1. The van der Waals surface area contributed by atoms with Crippen molar-refractivity contribution in [2.75, 3.05) is 20.2 Å². The van der Waals surface area contributed by atoms with Gasteiger partial charge in [0.1, 0.15) is 5.75 Å². The SMILES string of the molecule is CNC(=O)CNC(=O)[C@H](CC(C)C)C(CCCCCCOc1ccc(C)cc1)C(=O)O. The molecule has 7 nitrogen and oxygen atoms in total. The first kappa shape index (κ1) is 26.5. The topological polar surface area (TPSA) is 105 Å². The van der Waals surface area contributed by atoms with Crippen LogP contribution in [-0.4, -0.2) is 43.1 Å². The van der Waals surface area contributed by atoms with Crippen LogP contribution >= 0.6 is 0 Å². The van der Waals surface area contributed by atoms with E-state index in [1.165, 1.54) is 12.6 Å². The molecule has 0 aliphatic carbocycles. The Morgan fingerprint density at radius 1 is 1.00 bits per heavy atom. The Morgan fingerprint density at radius 2 is 1.65 bits per heavy atom. The van der Waals surface area contributed by atoms with Gasteiger partial charge in [0.05, 0.1) is 25.0 Å². The lowest BCUT2D eigenvalue weighted by atomic mass is 9.81. The van der Waals surface area contributed by atoms with E-state index >= 15 is 0 Å². The predicted molar refractivity (Wildman–Crippen MR) is 121 cm³/mol. The molecule has 1 rings (SSSR count). The molecular formula is C24H38N2O5. The highest BCUT2D eigenvalue weighted by Gasteiger charge is 2.33. The summed E-state index contributed by atoms with van der Waals surface area (Å²) in [6.45, 7) is 6.45. The van der Waals surface area contributed by atoms with Crippen molar-refractivity contribution in [1.29, 1.82) is 0 Å². The maximum absolute atomic E-state index is 12.6. The van der Waals surface area contributed by atoms with E-state index in [9.17, 15) is 19.5 Å². The van der Waals surface area contributed by atoms with Crippen molar-refractivity contribution in [3.8, 4) is 5.75 Å². The van der Waals surface area contributed by atoms with Crippen LogP contribution in [0.15, 0.2) is 24.3 Å². The molecule has 7 heteroatoms. The van der Waals surface area contributed by atoms with Gasteiger partial charge in [-0.25, -0.2) is 0 Å². The summed E-state index contributed by atoms with van der Waals surface area (Å²) in [5.74, 6) is -1.99. The van der Waals surface area contributed by atoms with Gasteiger partial charge in [0, 0.05) is 7.05 Å². The molecule has 0 saturated heterocycles. The van der Waals surface area contributed by atoms with Crippen LogP contribution in [-0.2, 0) is 14.4 Å². The second kappa shape index (κ2) is 14.4. The van der Waals surface area contributed by atoms with Crippen LogP contribution in [0.4, 0.5) is 0 Å². The van der Waals surface area contributed by atoms with Crippen molar-refractivity contribution in [2.45, 2.75) is 59.3 Å². The quantitative estimate of drug-likeness (QED) is 0.366. The number of likely N-dealkylation sites (N-methyl/N-ethyl adjacent to an activating group) is 1. The largest absolute Gasteiger partial charge is 0.494 e. The summed E-state index contributed by atoms with van der Waals surface area (Å²) in [4.78, 5) is 35.9. The number of ether oxygens (including phenoxy) is 1. The number of aliphatic carboxylic acids is 1. The van der Waals surface area contributed by atoms with Crippen LogP contribution in [0, 0.1) is 24.7 Å². The minimum atomic E-state index is -0.955. The lowest BCUT2D eigenvalue weighted by Gasteiger charge is -2.25. The van der Waals surface area contributed by atoms with Crippen LogP contribution in [0.25, 0.3) is 0 Å². The van der Waals surface area contributed by atoms with Gasteiger partial charge in [0.25, 0.3) is 0 Å². The van der Waals surface area contributed by atoms with E-state index in [0.717, 1.165) is 31.4 Å². The summed E-state index contributed by atoms with van der Waals surface area (Å²) in [5, 5.41) is 14.8. The molecular weight excluding hydrogens is 396 g/mol. The Kier molecular flexibility index (Phi) is 12.3. The molecule has 0 bridgehead atoms. The number of nitrogens with one attached hydrogen (secondary N) is 2. The predicted octanol–water partition coefficient (Wildman–Crippen LogP) is 3.55. The van der Waals surface area contributed by atoms with Crippen molar-refractivity contribution in [1.82, 2.24) is 10.6 Å². The number of amides is 2. The van der Waals surface area contributed by atoms with Crippen LogP contribution in [0.1, 0.15) is 57.9 Å². The number of rotatable bonds is 15. The van der Waals surface area contributed by atoms with Gasteiger partial charge in [-0.2, -0.15) is 0 Å². The van der Waals surface area contributed by atoms with Gasteiger partial charge in [-0.1, -0.05) is 50.8 Å². The molecule has 3 N–H and O–H groups in total. The van der Waals surface area contributed by atoms with Crippen molar-refractivity contribution >= 4 is 17.8 Å². The molecule has 0 aliphatic heterocycles. The van der Waals surface area contributed by atoms with E-state index in [0.29, 0.717) is 19.4 Å². The van der Waals surface area contributed by atoms with Gasteiger partial charge >= 0.3 is 5.97 Å². The van der Waals surface area contributed by atoms with Crippen LogP contribution < -0.4 is 15.4 Å². The zero-order valence-corrected chi connectivity index (χ0v) is 19.3. The van der Waals surface area contributed by atoms with Gasteiger partial charge in [-0.15, -0.1) is 0 Å². The summed E-state index contributed by atoms with van der Waals surface area (Å²) < 4.78 is 5.72. The number of hydrogen-bond donors (Lipinski definition) is 3. The third-order valence-corrected chi connectivity index (χ3v) is 5.27. The summed E-state index contributed by atoms with van der Waals surface area (Å²) in [6, 6.07) is 7.94. The fourth-order valence-electron chi connectivity index (χ4n) is 3.49. The number of benzene rings is 1. The molecule has 1 unspecified atom stereocenters. The zero-order chi connectivity index (χ0) is 23.2. The van der Waals surface area contributed by atoms with Gasteiger partial charge in [0.2, 0.25) is 11.8 Å². The number of carboxylic acids is 1. The molecule has 0 saturated carbocycles. The van der Waals surface area contributed by atoms with E-state index in [-0.39, 0.29) is 24.3 Å². The summed E-state index contributed by atoms with van der Waals surface area (Å²) in [7, 11) is 1.49. The highest BCUT2D eigenvalue weighted by Crippen LogP contribution is 2.26. The van der Waals surface area contributed by atoms with E-state index < -0.39 is 17.8 Å². The molecule has 31 heavy (non-hydrogen) atoms. The molecule has 1 aromatic rings. The molecule has 2 amide bonds. The van der Waals surface area contributed by atoms with E-state index in [4.69, 9.17) is 4.74 Å². The average molecular weight is 435 g/mol. The molecule has 2 atom stereocenters. The third kappa shape index (κ3) is 10.9. The van der Waals surface area contributed by atoms with Crippen molar-refractivity contribution in [3.05, 3.63) is 29.8 Å². The second-order valence-electron chi connectivity index (χ2n) is 8.44. The minimum absolute atomic E-state index is 0.142. The van der Waals surface area contributed by atoms with Crippen molar-refractivity contribution in [3.63, 3.8) is 0 Å². The second-order valence-corrected chi connectivity index (χ2v) is 8.44. The fourth-order valence-corrected chi connectivity index (χ4v) is 3.49. The monoisotopic (exact) mass is 434 g/mol. The van der Waals surface area contributed by atoms with Gasteiger partial charge in [0.15, 0.2) is 0 Å². The summed E-state index contributed by atoms with van der Waals surface area (Å²) >= 11 is 0. The van der Waals surface area contributed by atoms with E-state index in [1.54, 1.807) is 0 Å². The van der Waals surface area contributed by atoms with Crippen LogP contribution in [0.3, 0.4) is 0 Å². The highest BCUT2D eigenvalue weighted by molar-refractivity contribution is 5.88. The molecule has 0 aliphatic rings. The Hall–Kier alpha value is -2.57. The van der Waals surface area contributed by atoms with Crippen molar-refractivity contribution in [2.24, 2.45) is 17.8 Å². The maximum atomic E-state index is 12.6. The van der Waals surface area contributed by atoms with Crippen molar-refractivity contribution < 1.29 is 24.2 Å². The average Bonchev–Trinajstić information content (AvgIpc) is 2.73. The first-order valence-electron chi connectivity index (χ1n) is 11.1. The smallest absolute Gasteiger partial charge is 0.307 e. The maximum Gasteiger partial charge on any atom is 0.307 e. The Labute approximate surface area is 185 Å². The third-order valence-electron chi connectivity index (χ3n) is 5.27. The molecule has 1 aromatic carbocycles. The normalized spacial score (nSPS) is 12.8. The number of aryl methyl sites for hydroxylation is 1. The van der Waals surface area contributed by atoms with Gasteiger partial charge in [-0.3, -0.25) is 14.4 Å². The minimum Gasteiger partial charge on any atom is -0.494 e. The number of carbonyl (C=O) groups is 3. The van der Waals surface area contributed by atoms with Gasteiger partial charge < -0.3 is 20.5 Å². The highest BCUT2D eigenvalue weighted by atomic mass is 16.5. The lowest BCUT2D eigenvalue weighted by molar-refractivity contribution is -0.148. The van der Waals surface area contributed by atoms with Gasteiger partial charge in [-0.05, 0) is 44.2 Å². The lowest BCUT2D eigenvalue weighted by Crippen LogP contribution is -2.42. The number of unbranched alkanes of at least 4 members (excludes halogenated alkanes) is 3. The number of hydrogen-bond acceptors (Lipinski definition) is 4. The summed E-state index contributed by atoms with van der Waals surface area (Å²) in [6.07, 6.45) is 4.37. The summed E-state index contributed by atoms with van der Waals surface area (Å²) in [5.41, 5.74) is 1.19. The molecule has 0 heterocycles. The Bertz CT molecular complexity index is 688.